The number of nitrogens with one attached hydrogen (secondary N) is 1. The predicted octanol–water partition coefficient (Wildman–Crippen LogP) is 0.531. The lowest BCUT2D eigenvalue weighted by molar-refractivity contribution is -0.125. The minimum absolute atomic E-state index is 0.560. The zero-order valence-corrected chi connectivity index (χ0v) is 8.39. The SMILES string of the molecule is CC(F)(F)C[C@H](N)C(=O)NC1(C#N)CC1. The van der Waals surface area contributed by atoms with Crippen molar-refractivity contribution in [2.75, 3.05) is 0 Å². The predicted molar refractivity (Wildman–Crippen MR) is 48.9 cm³/mol. The van der Waals surface area contributed by atoms with Gasteiger partial charge in [0.2, 0.25) is 11.8 Å². The molecule has 1 aliphatic carbocycles. The number of amides is 1. The first kappa shape index (κ1) is 11.9. The second-order valence-electron chi connectivity index (χ2n) is 4.06. The fourth-order valence-corrected chi connectivity index (χ4v) is 1.20. The summed E-state index contributed by atoms with van der Waals surface area (Å²) in [6.07, 6.45) is 0.412. The highest BCUT2D eigenvalue weighted by Gasteiger charge is 2.45. The highest BCUT2D eigenvalue weighted by Crippen LogP contribution is 2.34. The molecule has 1 saturated carbocycles. The molecule has 1 amide bonds. The first-order valence-electron chi connectivity index (χ1n) is 4.65. The minimum atomic E-state index is -2.97. The van der Waals surface area contributed by atoms with Crippen LogP contribution in [0.25, 0.3) is 0 Å². The minimum Gasteiger partial charge on any atom is -0.336 e. The van der Waals surface area contributed by atoms with E-state index in [-0.39, 0.29) is 0 Å². The van der Waals surface area contributed by atoms with Gasteiger partial charge in [0.15, 0.2) is 0 Å². The van der Waals surface area contributed by atoms with Gasteiger partial charge >= 0.3 is 0 Å². The summed E-state index contributed by atoms with van der Waals surface area (Å²) < 4.78 is 25.1. The van der Waals surface area contributed by atoms with Crippen LogP contribution in [0.1, 0.15) is 26.2 Å². The number of rotatable bonds is 4. The third kappa shape index (κ3) is 3.44. The molecule has 0 unspecified atom stereocenters. The van der Waals surface area contributed by atoms with Gasteiger partial charge in [-0.15, -0.1) is 0 Å². The van der Waals surface area contributed by atoms with Crippen molar-refractivity contribution in [3.63, 3.8) is 0 Å². The maximum atomic E-state index is 12.5. The number of hydrogen-bond donors (Lipinski definition) is 2. The molecule has 3 N–H and O–H groups in total. The summed E-state index contributed by atoms with van der Waals surface area (Å²) in [5.41, 5.74) is 4.44. The summed E-state index contributed by atoms with van der Waals surface area (Å²) in [4.78, 5) is 11.3. The van der Waals surface area contributed by atoms with Crippen LogP contribution in [-0.4, -0.2) is 23.4 Å². The van der Waals surface area contributed by atoms with E-state index in [1.807, 2.05) is 6.07 Å². The topological polar surface area (TPSA) is 78.9 Å². The van der Waals surface area contributed by atoms with Crippen LogP contribution in [0.5, 0.6) is 0 Å². The molecule has 0 bridgehead atoms. The van der Waals surface area contributed by atoms with Gasteiger partial charge in [-0.3, -0.25) is 4.79 Å². The molecular weight excluding hydrogens is 204 g/mol. The van der Waals surface area contributed by atoms with Crippen LogP contribution in [0.4, 0.5) is 8.78 Å². The van der Waals surface area contributed by atoms with Crippen molar-refractivity contribution in [2.45, 2.75) is 43.7 Å². The second-order valence-corrected chi connectivity index (χ2v) is 4.06. The first-order chi connectivity index (χ1) is 6.78. The number of carbonyl (C=O) groups excluding carboxylic acids is 1. The number of carbonyl (C=O) groups is 1. The second kappa shape index (κ2) is 3.74. The van der Waals surface area contributed by atoms with Crippen LogP contribution in [-0.2, 0) is 4.79 Å². The lowest BCUT2D eigenvalue weighted by Crippen LogP contribution is -2.48. The number of alkyl halides is 2. The van der Waals surface area contributed by atoms with Crippen molar-refractivity contribution < 1.29 is 13.6 Å². The third-order valence-corrected chi connectivity index (χ3v) is 2.24. The van der Waals surface area contributed by atoms with Crippen molar-refractivity contribution in [3.8, 4) is 6.07 Å². The van der Waals surface area contributed by atoms with E-state index in [2.05, 4.69) is 5.32 Å². The van der Waals surface area contributed by atoms with Crippen LogP contribution < -0.4 is 11.1 Å². The van der Waals surface area contributed by atoms with Gasteiger partial charge < -0.3 is 11.1 Å². The third-order valence-electron chi connectivity index (χ3n) is 2.24. The molecule has 0 saturated heterocycles. The zero-order valence-electron chi connectivity index (χ0n) is 8.39. The molecule has 0 spiro atoms. The van der Waals surface area contributed by atoms with Gasteiger partial charge in [0.1, 0.15) is 5.54 Å². The monoisotopic (exact) mass is 217 g/mol. The molecule has 4 nitrogen and oxygen atoms in total. The normalized spacial score (nSPS) is 20.2. The van der Waals surface area contributed by atoms with Gasteiger partial charge in [-0.25, -0.2) is 8.78 Å². The van der Waals surface area contributed by atoms with E-state index in [4.69, 9.17) is 11.0 Å². The van der Waals surface area contributed by atoms with E-state index in [9.17, 15) is 13.6 Å². The summed E-state index contributed by atoms with van der Waals surface area (Å²) in [6, 6.07) is 0.658. The van der Waals surface area contributed by atoms with Crippen LogP contribution in [0.15, 0.2) is 0 Å². The van der Waals surface area contributed by atoms with Gasteiger partial charge in [0, 0.05) is 6.42 Å². The number of nitrogens with two attached hydrogens (primary N) is 1. The molecule has 1 rings (SSSR count). The Morgan fingerprint density at radius 3 is 2.60 bits per heavy atom. The molecule has 0 aromatic heterocycles. The molecule has 15 heavy (non-hydrogen) atoms. The highest BCUT2D eigenvalue weighted by molar-refractivity contribution is 5.83. The largest absolute Gasteiger partial charge is 0.336 e. The van der Waals surface area contributed by atoms with E-state index < -0.39 is 29.8 Å². The molecule has 0 aliphatic heterocycles. The summed E-state index contributed by atoms with van der Waals surface area (Å²) >= 11 is 0. The molecule has 6 heteroatoms. The molecule has 0 aromatic carbocycles. The fraction of sp³-hybridized carbons (Fsp3) is 0.778. The highest BCUT2D eigenvalue weighted by atomic mass is 19.3. The Kier molecular flexibility index (Phi) is 2.95. The zero-order chi connectivity index (χ0) is 11.7. The van der Waals surface area contributed by atoms with Crippen LogP contribution in [0.2, 0.25) is 0 Å². The quantitative estimate of drug-likeness (QED) is 0.721. The average Bonchev–Trinajstić information content (AvgIpc) is 2.82. The Bertz CT molecular complexity index is 301. The van der Waals surface area contributed by atoms with E-state index in [1.165, 1.54) is 0 Å². The van der Waals surface area contributed by atoms with Gasteiger partial charge in [-0.1, -0.05) is 0 Å². The standard InChI is InChI=1S/C9H13F2N3O/c1-8(10,11)4-6(13)7(15)14-9(5-12)2-3-9/h6H,2-4,13H2,1H3,(H,14,15)/t6-/m0/s1. The summed E-state index contributed by atoms with van der Waals surface area (Å²) in [5.74, 6) is -3.66. The summed E-state index contributed by atoms with van der Waals surface area (Å²) in [5, 5.41) is 11.0. The average molecular weight is 217 g/mol. The summed E-state index contributed by atoms with van der Waals surface area (Å²) in [6.45, 7) is 0.706. The molecule has 0 heterocycles. The smallest absolute Gasteiger partial charge is 0.247 e. The Hall–Kier alpha value is -1.22. The van der Waals surface area contributed by atoms with Crippen molar-refractivity contribution in [1.82, 2.24) is 5.32 Å². The molecule has 1 fully saturated rings. The Morgan fingerprint density at radius 1 is 1.73 bits per heavy atom. The molecule has 0 radical (unpaired) electrons. The van der Waals surface area contributed by atoms with Crippen molar-refractivity contribution in [3.05, 3.63) is 0 Å². The van der Waals surface area contributed by atoms with Crippen LogP contribution in [0.3, 0.4) is 0 Å². The summed E-state index contributed by atoms with van der Waals surface area (Å²) in [7, 11) is 0. The van der Waals surface area contributed by atoms with E-state index in [0.717, 1.165) is 0 Å². The number of halogens is 2. The van der Waals surface area contributed by atoms with Gasteiger partial charge in [0.05, 0.1) is 12.1 Å². The Balaban J connectivity index is 2.45. The molecule has 1 atom stereocenters. The molecule has 84 valence electrons. The first-order valence-corrected chi connectivity index (χ1v) is 4.65. The lowest BCUT2D eigenvalue weighted by atomic mass is 10.1. The van der Waals surface area contributed by atoms with Crippen LogP contribution in [0, 0.1) is 11.3 Å². The lowest BCUT2D eigenvalue weighted by Gasteiger charge is -2.18. The number of nitrogens with zero attached hydrogens (tertiary/aromatic N) is 1. The van der Waals surface area contributed by atoms with Crippen molar-refractivity contribution >= 4 is 5.91 Å². The van der Waals surface area contributed by atoms with E-state index in [0.29, 0.717) is 19.8 Å². The van der Waals surface area contributed by atoms with Crippen molar-refractivity contribution in [1.29, 1.82) is 5.26 Å². The number of hydrogen-bond acceptors (Lipinski definition) is 3. The van der Waals surface area contributed by atoms with Crippen LogP contribution >= 0.6 is 0 Å². The van der Waals surface area contributed by atoms with Gasteiger partial charge in [0.25, 0.3) is 0 Å². The van der Waals surface area contributed by atoms with E-state index >= 15 is 0 Å². The molecule has 1 aliphatic rings. The number of nitriles is 1. The maximum Gasteiger partial charge on any atom is 0.247 e. The molecular formula is C9H13F2N3O. The van der Waals surface area contributed by atoms with Gasteiger partial charge in [-0.2, -0.15) is 5.26 Å². The van der Waals surface area contributed by atoms with Crippen molar-refractivity contribution in [2.24, 2.45) is 5.73 Å². The Labute approximate surface area is 86.4 Å². The maximum absolute atomic E-state index is 12.5. The Morgan fingerprint density at radius 2 is 2.27 bits per heavy atom. The fourth-order valence-electron chi connectivity index (χ4n) is 1.20. The molecule has 0 aromatic rings. The van der Waals surface area contributed by atoms with E-state index in [1.54, 1.807) is 0 Å². The van der Waals surface area contributed by atoms with Gasteiger partial charge in [-0.05, 0) is 19.8 Å².